The predicted octanol–water partition coefficient (Wildman–Crippen LogP) is 0.835. The zero-order chi connectivity index (χ0) is 12.3. The Labute approximate surface area is 98.8 Å². The molecular weight excluding hydrogens is 226 g/mol. The van der Waals surface area contributed by atoms with E-state index in [1.807, 2.05) is 20.8 Å². The third kappa shape index (κ3) is 4.01. The van der Waals surface area contributed by atoms with Crippen LogP contribution in [0.2, 0.25) is 0 Å². The van der Waals surface area contributed by atoms with Crippen LogP contribution in [0, 0.1) is 0 Å². The zero-order valence-corrected chi connectivity index (χ0v) is 10.7. The number of nitrogens with two attached hydrogens (primary N) is 1. The molecule has 1 atom stereocenters. The second-order valence-electron chi connectivity index (χ2n) is 4.56. The fourth-order valence-electron chi connectivity index (χ4n) is 1.02. The van der Waals surface area contributed by atoms with Crippen molar-refractivity contribution in [3.63, 3.8) is 0 Å². The van der Waals surface area contributed by atoms with Crippen molar-refractivity contribution >= 4 is 28.5 Å². The molecule has 1 unspecified atom stereocenters. The summed E-state index contributed by atoms with van der Waals surface area (Å²) >= 11 is 1.14. The second-order valence-corrected chi connectivity index (χ2v) is 5.31. The van der Waals surface area contributed by atoms with Crippen LogP contribution in [0.15, 0.2) is 0 Å². The average Bonchev–Trinajstić information content (AvgIpc) is 2.48. The Kier molecular flexibility index (Phi) is 3.69. The summed E-state index contributed by atoms with van der Waals surface area (Å²) in [4.78, 5) is 15.6. The first-order valence-corrected chi connectivity index (χ1v) is 5.73. The molecule has 0 saturated carbocycles. The number of nitrogen functional groups attached to an aromatic ring is 1. The number of anilines is 2. The number of hydrogen-bond acceptors (Lipinski definition) is 6. The smallest absolute Gasteiger partial charge is 0.242 e. The van der Waals surface area contributed by atoms with Gasteiger partial charge in [-0.25, -0.2) is 0 Å². The van der Waals surface area contributed by atoms with Gasteiger partial charge in [0.15, 0.2) is 0 Å². The van der Waals surface area contributed by atoms with E-state index in [-0.39, 0.29) is 23.4 Å². The third-order valence-electron chi connectivity index (χ3n) is 1.67. The van der Waals surface area contributed by atoms with Gasteiger partial charge in [-0.05, 0) is 27.7 Å². The topological polar surface area (TPSA) is 92.9 Å². The molecule has 1 aromatic rings. The standard InChI is InChI=1S/C9H17N5OS/c1-5(6(15)13-9(2,3)4)11-8-12-7(10)14-16-8/h5H,1-4H3,(H,13,15)(H3,10,11,12,14). The minimum absolute atomic E-state index is 0.0822. The van der Waals surface area contributed by atoms with E-state index in [4.69, 9.17) is 5.73 Å². The van der Waals surface area contributed by atoms with Crippen molar-refractivity contribution in [2.75, 3.05) is 11.1 Å². The summed E-state index contributed by atoms with van der Waals surface area (Å²) in [7, 11) is 0. The molecule has 6 nitrogen and oxygen atoms in total. The lowest BCUT2D eigenvalue weighted by Crippen LogP contribution is -2.47. The number of aromatic nitrogens is 2. The molecule has 0 spiro atoms. The quantitative estimate of drug-likeness (QED) is 0.731. The molecule has 0 aliphatic rings. The molecule has 0 aromatic carbocycles. The number of nitrogens with zero attached hydrogens (tertiary/aromatic N) is 2. The molecule has 4 N–H and O–H groups in total. The highest BCUT2D eigenvalue weighted by Gasteiger charge is 2.19. The van der Waals surface area contributed by atoms with Gasteiger partial charge in [0.2, 0.25) is 17.0 Å². The van der Waals surface area contributed by atoms with Crippen molar-refractivity contribution in [2.24, 2.45) is 0 Å². The molecule has 1 aromatic heterocycles. The minimum atomic E-state index is -0.369. The monoisotopic (exact) mass is 243 g/mol. The first kappa shape index (κ1) is 12.7. The Morgan fingerprint density at radius 2 is 2.12 bits per heavy atom. The Balaban J connectivity index is 2.52. The van der Waals surface area contributed by atoms with Crippen molar-refractivity contribution in [3.8, 4) is 0 Å². The SMILES string of the molecule is CC(Nc1nc(N)ns1)C(=O)NC(C)(C)C. The van der Waals surface area contributed by atoms with Gasteiger partial charge in [0, 0.05) is 17.1 Å². The van der Waals surface area contributed by atoms with Gasteiger partial charge in [-0.1, -0.05) is 0 Å². The molecule has 1 rings (SSSR count). The van der Waals surface area contributed by atoms with Crippen molar-refractivity contribution < 1.29 is 4.79 Å². The number of rotatable bonds is 3. The first-order valence-electron chi connectivity index (χ1n) is 4.96. The molecule has 0 radical (unpaired) electrons. The Hall–Kier alpha value is -1.37. The lowest BCUT2D eigenvalue weighted by molar-refractivity contribution is -0.122. The second kappa shape index (κ2) is 4.65. The van der Waals surface area contributed by atoms with E-state index in [1.165, 1.54) is 0 Å². The largest absolute Gasteiger partial charge is 0.367 e. The summed E-state index contributed by atoms with van der Waals surface area (Å²) < 4.78 is 3.82. The summed E-state index contributed by atoms with van der Waals surface area (Å²) in [5.41, 5.74) is 5.14. The number of nitrogens with one attached hydrogen (secondary N) is 2. The molecule has 1 heterocycles. The molecule has 1 amide bonds. The van der Waals surface area contributed by atoms with Gasteiger partial charge < -0.3 is 16.4 Å². The normalized spacial score (nSPS) is 13.2. The highest BCUT2D eigenvalue weighted by Crippen LogP contribution is 2.13. The average molecular weight is 243 g/mol. The number of carbonyl (C=O) groups is 1. The molecule has 0 aliphatic heterocycles. The van der Waals surface area contributed by atoms with E-state index in [2.05, 4.69) is 20.0 Å². The Morgan fingerprint density at radius 1 is 1.50 bits per heavy atom. The maximum Gasteiger partial charge on any atom is 0.242 e. The molecule has 7 heteroatoms. The zero-order valence-electron chi connectivity index (χ0n) is 9.87. The lowest BCUT2D eigenvalue weighted by atomic mass is 10.1. The molecule has 0 fully saturated rings. The number of carbonyl (C=O) groups excluding carboxylic acids is 1. The summed E-state index contributed by atoms with van der Waals surface area (Å²) in [5, 5.41) is 6.36. The van der Waals surface area contributed by atoms with Gasteiger partial charge in [0.1, 0.15) is 6.04 Å². The highest BCUT2D eigenvalue weighted by molar-refractivity contribution is 7.09. The van der Waals surface area contributed by atoms with Crippen LogP contribution in [0.1, 0.15) is 27.7 Å². The maximum absolute atomic E-state index is 11.7. The van der Waals surface area contributed by atoms with Crippen LogP contribution >= 0.6 is 11.5 Å². The summed E-state index contributed by atoms with van der Waals surface area (Å²) in [6.45, 7) is 7.56. The fourth-order valence-corrected chi connectivity index (χ4v) is 1.61. The van der Waals surface area contributed by atoms with Gasteiger partial charge in [0.25, 0.3) is 0 Å². The summed E-state index contributed by atoms with van der Waals surface area (Å²) in [6.07, 6.45) is 0. The van der Waals surface area contributed by atoms with Gasteiger partial charge in [0.05, 0.1) is 0 Å². The van der Waals surface area contributed by atoms with E-state index >= 15 is 0 Å². The summed E-state index contributed by atoms with van der Waals surface area (Å²) in [6, 6.07) is -0.369. The van der Waals surface area contributed by atoms with Crippen LogP contribution in [0.25, 0.3) is 0 Å². The van der Waals surface area contributed by atoms with Gasteiger partial charge in [-0.2, -0.15) is 9.36 Å². The fraction of sp³-hybridized carbons (Fsp3) is 0.667. The third-order valence-corrected chi connectivity index (χ3v) is 2.33. The molecular formula is C9H17N5OS. The molecule has 0 bridgehead atoms. The minimum Gasteiger partial charge on any atom is -0.367 e. The van der Waals surface area contributed by atoms with E-state index in [0.29, 0.717) is 5.13 Å². The molecule has 0 saturated heterocycles. The van der Waals surface area contributed by atoms with Crippen LogP contribution in [0.4, 0.5) is 11.1 Å². The van der Waals surface area contributed by atoms with Gasteiger partial charge in [-0.15, -0.1) is 0 Å². The van der Waals surface area contributed by atoms with Crippen LogP contribution in [0.5, 0.6) is 0 Å². The van der Waals surface area contributed by atoms with Crippen LogP contribution in [-0.2, 0) is 4.79 Å². The van der Waals surface area contributed by atoms with Crippen molar-refractivity contribution in [3.05, 3.63) is 0 Å². The van der Waals surface area contributed by atoms with E-state index in [0.717, 1.165) is 11.5 Å². The predicted molar refractivity (Wildman–Crippen MR) is 65.3 cm³/mol. The Bertz CT molecular complexity index is 370. The molecule has 0 aliphatic carbocycles. The van der Waals surface area contributed by atoms with E-state index in [1.54, 1.807) is 6.92 Å². The maximum atomic E-state index is 11.7. The van der Waals surface area contributed by atoms with Gasteiger partial charge in [-0.3, -0.25) is 4.79 Å². The van der Waals surface area contributed by atoms with Crippen molar-refractivity contribution in [1.29, 1.82) is 0 Å². The first-order chi connectivity index (χ1) is 7.28. The van der Waals surface area contributed by atoms with Crippen molar-refractivity contribution in [1.82, 2.24) is 14.7 Å². The van der Waals surface area contributed by atoms with E-state index < -0.39 is 0 Å². The lowest BCUT2D eigenvalue weighted by Gasteiger charge is -2.23. The van der Waals surface area contributed by atoms with E-state index in [9.17, 15) is 4.79 Å². The highest BCUT2D eigenvalue weighted by atomic mass is 32.1. The Morgan fingerprint density at radius 3 is 2.56 bits per heavy atom. The van der Waals surface area contributed by atoms with Crippen molar-refractivity contribution in [2.45, 2.75) is 39.3 Å². The number of amides is 1. The van der Waals surface area contributed by atoms with Crippen LogP contribution < -0.4 is 16.4 Å². The summed E-state index contributed by atoms with van der Waals surface area (Å²) in [5.74, 6) is 0.136. The molecule has 16 heavy (non-hydrogen) atoms. The van der Waals surface area contributed by atoms with Crippen LogP contribution in [0.3, 0.4) is 0 Å². The van der Waals surface area contributed by atoms with Crippen LogP contribution in [-0.4, -0.2) is 26.8 Å². The molecule has 90 valence electrons. The number of hydrogen-bond donors (Lipinski definition) is 3. The van der Waals surface area contributed by atoms with Gasteiger partial charge >= 0.3 is 0 Å².